The summed E-state index contributed by atoms with van der Waals surface area (Å²) < 4.78 is 0. The summed E-state index contributed by atoms with van der Waals surface area (Å²) in [6.07, 6.45) is 0. The van der Waals surface area contributed by atoms with Gasteiger partial charge in [-0.3, -0.25) is 0 Å². The van der Waals surface area contributed by atoms with E-state index in [0.29, 0.717) is 5.54 Å². The highest BCUT2D eigenvalue weighted by Crippen LogP contribution is 2.06. The molecule has 42 valence electrons. The van der Waals surface area contributed by atoms with E-state index < -0.39 is 0 Å². The Kier molecular flexibility index (Phi) is 1.05. The minimum atomic E-state index is 0.403. The molecule has 1 fully saturated rings. The lowest BCUT2D eigenvalue weighted by Crippen LogP contribution is -2.64. The topological polar surface area (TPSA) is 24.1 Å². The first-order chi connectivity index (χ1) is 3.27. The van der Waals surface area contributed by atoms with Crippen molar-refractivity contribution in [2.75, 3.05) is 20.1 Å². The zero-order valence-electron chi connectivity index (χ0n) is 4.91. The first-order valence-electron chi connectivity index (χ1n) is 2.66. The molecule has 0 unspecified atom stereocenters. The van der Waals surface area contributed by atoms with Crippen molar-refractivity contribution in [1.29, 1.82) is 0 Å². The van der Waals surface area contributed by atoms with Crippen molar-refractivity contribution in [3.8, 4) is 0 Å². The standard InChI is InChI=1S/C5H12N2/c1-5(6-2)3-7-4-5/h6-7H,3-4H2,1-2H3. The molecule has 7 heavy (non-hydrogen) atoms. The minimum absolute atomic E-state index is 0.403. The summed E-state index contributed by atoms with van der Waals surface area (Å²) in [5.41, 5.74) is 0.403. The maximum absolute atomic E-state index is 3.22. The largest absolute Gasteiger partial charge is 0.313 e. The highest BCUT2D eigenvalue weighted by Gasteiger charge is 2.28. The molecule has 0 aromatic heterocycles. The average molecular weight is 100 g/mol. The van der Waals surface area contributed by atoms with Crippen LogP contribution in [0.15, 0.2) is 0 Å². The fraction of sp³-hybridized carbons (Fsp3) is 1.00. The Labute approximate surface area is 44.3 Å². The van der Waals surface area contributed by atoms with Gasteiger partial charge in [-0.25, -0.2) is 0 Å². The fourth-order valence-electron chi connectivity index (χ4n) is 0.677. The Hall–Kier alpha value is -0.0800. The molecule has 0 saturated carbocycles. The third-order valence-electron chi connectivity index (χ3n) is 1.63. The van der Waals surface area contributed by atoms with Crippen LogP contribution in [0.1, 0.15) is 6.92 Å². The summed E-state index contributed by atoms with van der Waals surface area (Å²) in [6.45, 7) is 4.44. The molecular weight excluding hydrogens is 88.1 g/mol. The number of hydrogen-bond acceptors (Lipinski definition) is 2. The van der Waals surface area contributed by atoms with Crippen molar-refractivity contribution in [2.24, 2.45) is 0 Å². The van der Waals surface area contributed by atoms with Crippen LogP contribution in [0.5, 0.6) is 0 Å². The molecule has 0 aromatic carbocycles. The predicted molar refractivity (Wildman–Crippen MR) is 30.3 cm³/mol. The molecule has 0 aliphatic carbocycles. The summed E-state index contributed by atoms with van der Waals surface area (Å²) in [6, 6.07) is 0. The van der Waals surface area contributed by atoms with Gasteiger partial charge in [-0.1, -0.05) is 0 Å². The number of likely N-dealkylation sites (N-methyl/N-ethyl adjacent to an activating group) is 1. The average Bonchev–Trinajstić information content (AvgIpc) is 1.61. The second-order valence-electron chi connectivity index (χ2n) is 2.41. The molecule has 2 N–H and O–H groups in total. The zero-order valence-corrected chi connectivity index (χ0v) is 4.91. The van der Waals surface area contributed by atoms with E-state index in [-0.39, 0.29) is 0 Å². The zero-order chi connectivity index (χ0) is 5.33. The lowest BCUT2D eigenvalue weighted by atomic mass is 9.96. The summed E-state index contributed by atoms with van der Waals surface area (Å²) in [5, 5.41) is 6.41. The van der Waals surface area contributed by atoms with Gasteiger partial charge in [0.1, 0.15) is 0 Å². The number of hydrogen-bond donors (Lipinski definition) is 2. The maximum atomic E-state index is 3.22. The first kappa shape index (κ1) is 5.06. The van der Waals surface area contributed by atoms with Gasteiger partial charge in [0.05, 0.1) is 0 Å². The Morgan fingerprint density at radius 1 is 1.57 bits per heavy atom. The Balaban J connectivity index is 2.29. The van der Waals surface area contributed by atoms with Crippen molar-refractivity contribution in [3.05, 3.63) is 0 Å². The van der Waals surface area contributed by atoms with Gasteiger partial charge in [-0.2, -0.15) is 0 Å². The molecule has 0 atom stereocenters. The summed E-state index contributed by atoms with van der Waals surface area (Å²) in [7, 11) is 2.00. The number of rotatable bonds is 1. The monoisotopic (exact) mass is 100 g/mol. The van der Waals surface area contributed by atoms with Crippen molar-refractivity contribution >= 4 is 0 Å². The molecule has 1 aliphatic heterocycles. The second kappa shape index (κ2) is 1.46. The number of nitrogens with one attached hydrogen (secondary N) is 2. The summed E-state index contributed by atoms with van der Waals surface area (Å²) in [5.74, 6) is 0. The van der Waals surface area contributed by atoms with Crippen molar-refractivity contribution in [1.82, 2.24) is 10.6 Å². The van der Waals surface area contributed by atoms with Crippen LogP contribution in [0.25, 0.3) is 0 Å². The molecular formula is C5H12N2. The van der Waals surface area contributed by atoms with Crippen LogP contribution in [0.3, 0.4) is 0 Å². The molecule has 1 saturated heterocycles. The molecule has 1 aliphatic rings. The molecule has 0 bridgehead atoms. The van der Waals surface area contributed by atoms with Crippen LogP contribution in [-0.2, 0) is 0 Å². The summed E-state index contributed by atoms with van der Waals surface area (Å²) >= 11 is 0. The molecule has 0 spiro atoms. The van der Waals surface area contributed by atoms with Gasteiger partial charge in [-0.15, -0.1) is 0 Å². The lowest BCUT2D eigenvalue weighted by Gasteiger charge is -2.38. The van der Waals surface area contributed by atoms with E-state index in [1.165, 1.54) is 0 Å². The molecule has 0 aromatic rings. The van der Waals surface area contributed by atoms with Crippen molar-refractivity contribution in [2.45, 2.75) is 12.5 Å². The third kappa shape index (κ3) is 0.763. The molecule has 1 heterocycles. The van der Waals surface area contributed by atoms with Gasteiger partial charge in [0, 0.05) is 18.6 Å². The molecule has 2 heteroatoms. The second-order valence-corrected chi connectivity index (χ2v) is 2.41. The van der Waals surface area contributed by atoms with Crippen molar-refractivity contribution in [3.63, 3.8) is 0 Å². The molecule has 2 nitrogen and oxygen atoms in total. The van der Waals surface area contributed by atoms with E-state index >= 15 is 0 Å². The van der Waals surface area contributed by atoms with Gasteiger partial charge in [0.15, 0.2) is 0 Å². The Morgan fingerprint density at radius 2 is 2.14 bits per heavy atom. The predicted octanol–water partition coefficient (Wildman–Crippen LogP) is -0.432. The van der Waals surface area contributed by atoms with Gasteiger partial charge in [0.2, 0.25) is 0 Å². The van der Waals surface area contributed by atoms with Gasteiger partial charge in [-0.05, 0) is 14.0 Å². The Bertz CT molecular complexity index is 61.0. The van der Waals surface area contributed by atoms with Gasteiger partial charge < -0.3 is 10.6 Å². The SMILES string of the molecule is CNC1(C)CNC1. The Morgan fingerprint density at radius 3 is 2.14 bits per heavy atom. The van der Waals surface area contributed by atoms with E-state index in [2.05, 4.69) is 17.6 Å². The quantitative estimate of drug-likeness (QED) is 0.467. The smallest absolute Gasteiger partial charge is 0.0401 e. The maximum Gasteiger partial charge on any atom is 0.0401 e. The van der Waals surface area contributed by atoms with E-state index in [9.17, 15) is 0 Å². The van der Waals surface area contributed by atoms with Crippen LogP contribution in [-0.4, -0.2) is 25.7 Å². The van der Waals surface area contributed by atoms with Crippen LogP contribution in [0, 0.1) is 0 Å². The van der Waals surface area contributed by atoms with Gasteiger partial charge >= 0.3 is 0 Å². The van der Waals surface area contributed by atoms with Crippen molar-refractivity contribution < 1.29 is 0 Å². The van der Waals surface area contributed by atoms with Crippen LogP contribution in [0.2, 0.25) is 0 Å². The molecule has 1 rings (SSSR count). The van der Waals surface area contributed by atoms with E-state index in [0.717, 1.165) is 13.1 Å². The highest BCUT2D eigenvalue weighted by molar-refractivity contribution is 4.94. The van der Waals surface area contributed by atoms with Crippen LogP contribution < -0.4 is 10.6 Å². The first-order valence-corrected chi connectivity index (χ1v) is 2.66. The molecule has 0 amide bonds. The van der Waals surface area contributed by atoms with Crippen LogP contribution >= 0.6 is 0 Å². The minimum Gasteiger partial charge on any atom is -0.313 e. The highest BCUT2D eigenvalue weighted by atomic mass is 15.1. The van der Waals surface area contributed by atoms with E-state index in [4.69, 9.17) is 0 Å². The van der Waals surface area contributed by atoms with Crippen LogP contribution in [0.4, 0.5) is 0 Å². The molecule has 0 radical (unpaired) electrons. The summed E-state index contributed by atoms with van der Waals surface area (Å²) in [4.78, 5) is 0. The third-order valence-corrected chi connectivity index (χ3v) is 1.63. The van der Waals surface area contributed by atoms with E-state index in [1.807, 2.05) is 7.05 Å². The lowest BCUT2D eigenvalue weighted by molar-refractivity contribution is 0.256. The fourth-order valence-corrected chi connectivity index (χ4v) is 0.677. The van der Waals surface area contributed by atoms with Gasteiger partial charge in [0.25, 0.3) is 0 Å². The normalized spacial score (nSPS) is 26.6. The van der Waals surface area contributed by atoms with E-state index in [1.54, 1.807) is 0 Å².